The first kappa shape index (κ1) is 15.3. The third-order valence-electron chi connectivity index (χ3n) is 2.44. The van der Waals surface area contributed by atoms with Crippen LogP contribution in [0, 0.1) is 0 Å². The zero-order valence-electron chi connectivity index (χ0n) is 10.3. The number of carbonyl (C=O) groups is 1. The lowest BCUT2D eigenvalue weighted by Crippen LogP contribution is -2.14. The molecule has 1 heterocycles. The van der Waals surface area contributed by atoms with E-state index in [0.717, 1.165) is 8.95 Å². The van der Waals surface area contributed by atoms with Crippen molar-refractivity contribution in [3.05, 3.63) is 50.1 Å². The molecule has 20 heavy (non-hydrogen) atoms. The standard InChI is InChI=1S/C13H9Br2ClN2O2/c1-20-12-6-10(8(14)5-9(12)15)18-13(19)11-4-7(16)2-3-17-11/h2-6H,1H3,(H,18,19). The van der Waals surface area contributed by atoms with E-state index >= 15 is 0 Å². The summed E-state index contributed by atoms with van der Waals surface area (Å²) in [7, 11) is 1.55. The molecule has 4 nitrogen and oxygen atoms in total. The number of carbonyl (C=O) groups excluding carboxylic acids is 1. The van der Waals surface area contributed by atoms with Crippen LogP contribution in [0.1, 0.15) is 10.5 Å². The van der Waals surface area contributed by atoms with Gasteiger partial charge in [-0.3, -0.25) is 9.78 Å². The van der Waals surface area contributed by atoms with Crippen LogP contribution < -0.4 is 10.1 Å². The van der Waals surface area contributed by atoms with Gasteiger partial charge in [-0.2, -0.15) is 0 Å². The van der Waals surface area contributed by atoms with Gasteiger partial charge in [0.15, 0.2) is 0 Å². The Labute approximate surface area is 137 Å². The second-order valence-corrected chi connectivity index (χ2v) is 5.93. The smallest absolute Gasteiger partial charge is 0.274 e. The number of hydrogen-bond acceptors (Lipinski definition) is 3. The van der Waals surface area contributed by atoms with Crippen LogP contribution in [0.2, 0.25) is 5.02 Å². The molecule has 0 aliphatic carbocycles. The van der Waals surface area contributed by atoms with Crippen molar-refractivity contribution in [3.63, 3.8) is 0 Å². The minimum Gasteiger partial charge on any atom is -0.495 e. The molecule has 0 spiro atoms. The third kappa shape index (κ3) is 3.50. The molecule has 2 aromatic rings. The topological polar surface area (TPSA) is 51.2 Å². The summed E-state index contributed by atoms with van der Waals surface area (Å²) >= 11 is 12.6. The molecule has 0 atom stereocenters. The van der Waals surface area contributed by atoms with Crippen molar-refractivity contribution >= 4 is 55.1 Å². The van der Waals surface area contributed by atoms with Crippen LogP contribution in [-0.2, 0) is 0 Å². The summed E-state index contributed by atoms with van der Waals surface area (Å²) in [5, 5.41) is 3.20. The fourth-order valence-corrected chi connectivity index (χ4v) is 2.91. The molecule has 1 aromatic carbocycles. The average molecular weight is 420 g/mol. The number of benzene rings is 1. The van der Waals surface area contributed by atoms with Crippen LogP contribution >= 0.6 is 43.5 Å². The van der Waals surface area contributed by atoms with Gasteiger partial charge in [-0.1, -0.05) is 11.6 Å². The van der Waals surface area contributed by atoms with E-state index in [4.69, 9.17) is 16.3 Å². The largest absolute Gasteiger partial charge is 0.495 e. The summed E-state index contributed by atoms with van der Waals surface area (Å²) in [5.41, 5.74) is 0.822. The van der Waals surface area contributed by atoms with E-state index in [1.54, 1.807) is 25.3 Å². The highest BCUT2D eigenvalue weighted by atomic mass is 79.9. The third-order valence-corrected chi connectivity index (χ3v) is 3.96. The van der Waals surface area contributed by atoms with Crippen molar-refractivity contribution < 1.29 is 9.53 Å². The number of pyridine rings is 1. The molecule has 104 valence electrons. The SMILES string of the molecule is COc1cc(NC(=O)c2cc(Cl)ccn2)c(Br)cc1Br. The summed E-state index contributed by atoms with van der Waals surface area (Å²) < 4.78 is 6.70. The lowest BCUT2D eigenvalue weighted by Gasteiger charge is -2.10. The van der Waals surface area contributed by atoms with Gasteiger partial charge in [0.25, 0.3) is 5.91 Å². The molecule has 0 bridgehead atoms. The zero-order chi connectivity index (χ0) is 14.7. The Bertz CT molecular complexity index is 665. The molecule has 0 radical (unpaired) electrons. The maximum absolute atomic E-state index is 12.1. The number of halogens is 3. The molecule has 1 N–H and O–H groups in total. The van der Waals surface area contributed by atoms with Gasteiger partial charge in [0.1, 0.15) is 11.4 Å². The van der Waals surface area contributed by atoms with Gasteiger partial charge in [0.05, 0.1) is 17.3 Å². The van der Waals surface area contributed by atoms with Crippen LogP contribution in [0.15, 0.2) is 39.4 Å². The molecule has 0 unspecified atom stereocenters. The maximum atomic E-state index is 12.1. The zero-order valence-corrected chi connectivity index (χ0v) is 14.2. The molecule has 0 aliphatic rings. The fraction of sp³-hybridized carbons (Fsp3) is 0.0769. The summed E-state index contributed by atoms with van der Waals surface area (Å²) in [6.45, 7) is 0. The van der Waals surface area contributed by atoms with Crippen molar-refractivity contribution in [2.45, 2.75) is 0 Å². The molecule has 2 rings (SSSR count). The van der Waals surface area contributed by atoms with Crippen molar-refractivity contribution in [2.24, 2.45) is 0 Å². The van der Waals surface area contributed by atoms with Crippen LogP contribution in [0.3, 0.4) is 0 Å². The molecule has 0 saturated heterocycles. The Morgan fingerprint density at radius 2 is 2.05 bits per heavy atom. The van der Waals surface area contributed by atoms with Crippen molar-refractivity contribution in [2.75, 3.05) is 12.4 Å². The molecular formula is C13H9Br2ClN2O2. The second-order valence-electron chi connectivity index (χ2n) is 3.78. The Kier molecular flexibility index (Phi) is 5.01. The van der Waals surface area contributed by atoms with Crippen molar-refractivity contribution in [3.8, 4) is 5.75 Å². The predicted octanol–water partition coefficient (Wildman–Crippen LogP) is 4.52. The first-order chi connectivity index (χ1) is 9.51. The second kappa shape index (κ2) is 6.56. The molecule has 7 heteroatoms. The lowest BCUT2D eigenvalue weighted by molar-refractivity contribution is 0.102. The highest BCUT2D eigenvalue weighted by Crippen LogP contribution is 2.34. The number of ether oxygens (including phenoxy) is 1. The van der Waals surface area contributed by atoms with Gasteiger partial charge in [-0.25, -0.2) is 0 Å². The molecule has 1 amide bonds. The van der Waals surface area contributed by atoms with E-state index < -0.39 is 0 Å². The highest BCUT2D eigenvalue weighted by Gasteiger charge is 2.12. The number of anilines is 1. The number of aromatic nitrogens is 1. The van der Waals surface area contributed by atoms with E-state index in [0.29, 0.717) is 16.5 Å². The molecule has 0 saturated carbocycles. The quantitative estimate of drug-likeness (QED) is 0.794. The predicted molar refractivity (Wildman–Crippen MR) is 85.6 cm³/mol. The van der Waals surface area contributed by atoms with Crippen LogP contribution in [-0.4, -0.2) is 18.0 Å². The Morgan fingerprint density at radius 3 is 2.70 bits per heavy atom. The van der Waals surface area contributed by atoms with E-state index in [2.05, 4.69) is 42.2 Å². The summed E-state index contributed by atoms with van der Waals surface area (Å²) in [6, 6.07) is 6.61. The minimum atomic E-state index is -0.349. The Balaban J connectivity index is 2.28. The van der Waals surface area contributed by atoms with Crippen molar-refractivity contribution in [1.29, 1.82) is 0 Å². The fourth-order valence-electron chi connectivity index (χ4n) is 1.50. The Morgan fingerprint density at radius 1 is 1.30 bits per heavy atom. The number of methoxy groups -OCH3 is 1. The van der Waals surface area contributed by atoms with Crippen LogP contribution in [0.4, 0.5) is 5.69 Å². The highest BCUT2D eigenvalue weighted by molar-refractivity contribution is 9.11. The number of nitrogens with zero attached hydrogens (tertiary/aromatic N) is 1. The molecule has 1 aromatic heterocycles. The Hall–Kier alpha value is -1.11. The van der Waals surface area contributed by atoms with Gasteiger partial charge >= 0.3 is 0 Å². The van der Waals surface area contributed by atoms with Gasteiger partial charge in [0, 0.05) is 21.8 Å². The van der Waals surface area contributed by atoms with Crippen molar-refractivity contribution in [1.82, 2.24) is 4.98 Å². The molecule has 0 aliphatic heterocycles. The maximum Gasteiger partial charge on any atom is 0.274 e. The van der Waals surface area contributed by atoms with E-state index in [1.807, 2.05) is 0 Å². The van der Waals surface area contributed by atoms with Gasteiger partial charge in [-0.05, 0) is 50.1 Å². The van der Waals surface area contributed by atoms with E-state index in [1.165, 1.54) is 12.3 Å². The van der Waals surface area contributed by atoms with Gasteiger partial charge < -0.3 is 10.1 Å². The summed E-state index contributed by atoms with van der Waals surface area (Å²) in [6.07, 6.45) is 1.48. The van der Waals surface area contributed by atoms with Gasteiger partial charge in [0.2, 0.25) is 0 Å². The number of nitrogens with one attached hydrogen (secondary N) is 1. The number of hydrogen-bond donors (Lipinski definition) is 1. The van der Waals surface area contributed by atoms with E-state index in [-0.39, 0.29) is 11.6 Å². The first-order valence-corrected chi connectivity index (χ1v) is 7.43. The summed E-state index contributed by atoms with van der Waals surface area (Å²) in [4.78, 5) is 16.1. The monoisotopic (exact) mass is 418 g/mol. The molecule has 0 fully saturated rings. The van der Waals surface area contributed by atoms with Crippen LogP contribution in [0.25, 0.3) is 0 Å². The van der Waals surface area contributed by atoms with E-state index in [9.17, 15) is 4.79 Å². The average Bonchev–Trinajstić information content (AvgIpc) is 2.41. The van der Waals surface area contributed by atoms with Gasteiger partial charge in [-0.15, -0.1) is 0 Å². The number of rotatable bonds is 3. The minimum absolute atomic E-state index is 0.242. The van der Waals surface area contributed by atoms with Crippen LogP contribution in [0.5, 0.6) is 5.75 Å². The normalized spacial score (nSPS) is 10.2. The first-order valence-electron chi connectivity index (χ1n) is 5.47. The lowest BCUT2D eigenvalue weighted by atomic mass is 10.2. The molecular weight excluding hydrogens is 411 g/mol. The number of amides is 1. The summed E-state index contributed by atoms with van der Waals surface area (Å²) in [5.74, 6) is 0.264.